The lowest BCUT2D eigenvalue weighted by atomic mass is 9.96. The van der Waals surface area contributed by atoms with Gasteiger partial charge in [-0.15, -0.1) is 0 Å². The number of anilines is 1. The first kappa shape index (κ1) is 23.9. The molecule has 168 valence electrons. The second kappa shape index (κ2) is 10.7. The van der Waals surface area contributed by atoms with Gasteiger partial charge in [0.2, 0.25) is 15.9 Å². The Morgan fingerprint density at radius 2 is 1.74 bits per heavy atom. The number of rotatable bonds is 8. The summed E-state index contributed by atoms with van der Waals surface area (Å²) < 4.78 is 27.7. The Bertz CT molecular complexity index is 974. The van der Waals surface area contributed by atoms with E-state index in [4.69, 9.17) is 0 Å². The minimum absolute atomic E-state index is 0.0140. The fourth-order valence-electron chi connectivity index (χ4n) is 3.93. The smallest absolute Gasteiger partial charge is 0.243 e. The molecule has 0 saturated carbocycles. The molecular weight excluding hydrogens is 478 g/mol. The van der Waals surface area contributed by atoms with Crippen LogP contribution in [0.4, 0.5) is 5.69 Å². The largest absolute Gasteiger partial charge is 0.326 e. The Morgan fingerprint density at radius 1 is 1.10 bits per heavy atom. The lowest BCUT2D eigenvalue weighted by molar-refractivity contribution is -0.121. The highest BCUT2D eigenvalue weighted by Gasteiger charge is 2.26. The number of piperidine rings is 1. The molecule has 0 radical (unpaired) electrons. The number of likely N-dealkylation sites (tertiary alicyclic amines) is 1. The highest BCUT2D eigenvalue weighted by molar-refractivity contribution is 9.10. The fourth-order valence-corrected chi connectivity index (χ4v) is 5.65. The number of benzene rings is 2. The third-order valence-corrected chi connectivity index (χ3v) is 8.25. The van der Waals surface area contributed by atoms with Crippen LogP contribution in [0.15, 0.2) is 57.9 Å². The topological polar surface area (TPSA) is 69.7 Å². The summed E-state index contributed by atoms with van der Waals surface area (Å²) in [6, 6.07) is 14.7. The molecule has 0 spiro atoms. The van der Waals surface area contributed by atoms with Gasteiger partial charge in [0.25, 0.3) is 0 Å². The van der Waals surface area contributed by atoms with Crippen molar-refractivity contribution in [2.75, 3.05) is 31.5 Å². The summed E-state index contributed by atoms with van der Waals surface area (Å²) >= 11 is 3.46. The summed E-state index contributed by atoms with van der Waals surface area (Å²) in [5.41, 5.74) is 1.85. The quantitative estimate of drug-likeness (QED) is 0.577. The van der Waals surface area contributed by atoms with E-state index in [2.05, 4.69) is 38.3 Å². The molecule has 1 amide bonds. The third kappa shape index (κ3) is 6.16. The van der Waals surface area contributed by atoms with Gasteiger partial charge in [0.1, 0.15) is 0 Å². The van der Waals surface area contributed by atoms with Crippen molar-refractivity contribution >= 4 is 37.5 Å². The van der Waals surface area contributed by atoms with E-state index in [0.29, 0.717) is 18.8 Å². The number of nitrogens with zero attached hydrogens (tertiary/aromatic N) is 2. The normalized spacial score (nSPS) is 17.6. The first-order valence-electron chi connectivity index (χ1n) is 10.7. The number of sulfonamides is 1. The SMILES string of the molecule is CCN(CC)S(=O)(=O)c1ccc(NC(=O)C2CCCN(Cc3ccc(Br)cc3)C2)cc1. The molecule has 1 N–H and O–H groups in total. The minimum atomic E-state index is -3.50. The van der Waals surface area contributed by atoms with Gasteiger partial charge in [0.15, 0.2) is 0 Å². The lowest BCUT2D eigenvalue weighted by Crippen LogP contribution is -2.40. The van der Waals surface area contributed by atoms with Crippen molar-refractivity contribution in [3.8, 4) is 0 Å². The number of carbonyl (C=O) groups excluding carboxylic acids is 1. The number of hydrogen-bond acceptors (Lipinski definition) is 4. The maximum atomic E-state index is 12.8. The zero-order valence-electron chi connectivity index (χ0n) is 18.1. The second-order valence-corrected chi connectivity index (χ2v) is 10.7. The van der Waals surface area contributed by atoms with Gasteiger partial charge in [0.05, 0.1) is 10.8 Å². The van der Waals surface area contributed by atoms with Crippen LogP contribution in [-0.2, 0) is 21.4 Å². The zero-order valence-corrected chi connectivity index (χ0v) is 20.5. The van der Waals surface area contributed by atoms with E-state index in [1.165, 1.54) is 9.87 Å². The zero-order chi connectivity index (χ0) is 22.4. The molecule has 1 fully saturated rings. The minimum Gasteiger partial charge on any atom is -0.326 e. The Balaban J connectivity index is 1.60. The number of hydrogen-bond donors (Lipinski definition) is 1. The average molecular weight is 508 g/mol. The maximum Gasteiger partial charge on any atom is 0.243 e. The Labute approximate surface area is 193 Å². The van der Waals surface area contributed by atoms with Crippen molar-refractivity contribution in [1.82, 2.24) is 9.21 Å². The van der Waals surface area contributed by atoms with E-state index < -0.39 is 10.0 Å². The molecule has 1 aliphatic heterocycles. The summed E-state index contributed by atoms with van der Waals surface area (Å²) in [7, 11) is -3.50. The summed E-state index contributed by atoms with van der Waals surface area (Å²) in [6.45, 7) is 7.02. The van der Waals surface area contributed by atoms with Gasteiger partial charge in [-0.05, 0) is 61.3 Å². The van der Waals surface area contributed by atoms with Gasteiger partial charge in [0, 0.05) is 36.3 Å². The molecule has 1 saturated heterocycles. The van der Waals surface area contributed by atoms with E-state index in [0.717, 1.165) is 36.9 Å². The molecule has 0 aliphatic carbocycles. The fraction of sp³-hybridized carbons (Fsp3) is 0.435. The Hall–Kier alpha value is -1.74. The number of carbonyl (C=O) groups is 1. The molecule has 8 heteroatoms. The summed E-state index contributed by atoms with van der Waals surface area (Å²) in [6.07, 6.45) is 1.84. The van der Waals surface area contributed by atoms with Crippen molar-refractivity contribution in [2.24, 2.45) is 5.92 Å². The van der Waals surface area contributed by atoms with Gasteiger partial charge < -0.3 is 5.32 Å². The Morgan fingerprint density at radius 3 is 2.35 bits per heavy atom. The van der Waals surface area contributed by atoms with Crippen LogP contribution in [0, 0.1) is 5.92 Å². The third-order valence-electron chi connectivity index (χ3n) is 5.66. The number of halogens is 1. The molecule has 3 rings (SSSR count). The van der Waals surface area contributed by atoms with E-state index in [9.17, 15) is 13.2 Å². The summed E-state index contributed by atoms with van der Waals surface area (Å²) in [4.78, 5) is 15.4. The Kier molecular flexibility index (Phi) is 8.27. The van der Waals surface area contributed by atoms with Crippen LogP contribution in [-0.4, -0.2) is 49.7 Å². The monoisotopic (exact) mass is 507 g/mol. The standard InChI is InChI=1S/C23H30BrN3O3S/c1-3-27(4-2)31(29,30)22-13-11-21(12-14-22)25-23(28)19-6-5-15-26(17-19)16-18-7-9-20(24)10-8-18/h7-14,19H,3-6,15-17H2,1-2H3,(H,25,28). The molecule has 0 bridgehead atoms. The summed E-state index contributed by atoms with van der Waals surface area (Å²) in [5, 5.41) is 2.96. The molecular formula is C23H30BrN3O3S. The van der Waals surface area contributed by atoms with E-state index in [1.807, 2.05) is 26.0 Å². The molecule has 0 aromatic heterocycles. The number of nitrogens with one attached hydrogen (secondary N) is 1. The maximum absolute atomic E-state index is 12.8. The first-order chi connectivity index (χ1) is 14.8. The van der Waals surface area contributed by atoms with Gasteiger partial charge in [-0.2, -0.15) is 4.31 Å². The van der Waals surface area contributed by atoms with Crippen LogP contribution in [0.5, 0.6) is 0 Å². The van der Waals surface area contributed by atoms with Crippen molar-refractivity contribution in [3.05, 3.63) is 58.6 Å². The second-order valence-electron chi connectivity index (χ2n) is 7.80. The molecule has 1 heterocycles. The van der Waals surface area contributed by atoms with E-state index >= 15 is 0 Å². The lowest BCUT2D eigenvalue weighted by Gasteiger charge is -2.32. The van der Waals surface area contributed by atoms with Gasteiger partial charge in [-0.1, -0.05) is 41.9 Å². The molecule has 2 aromatic rings. The van der Waals surface area contributed by atoms with E-state index in [1.54, 1.807) is 24.3 Å². The highest BCUT2D eigenvalue weighted by atomic mass is 79.9. The van der Waals surface area contributed by atoms with Crippen molar-refractivity contribution < 1.29 is 13.2 Å². The van der Waals surface area contributed by atoms with Crippen LogP contribution in [0.25, 0.3) is 0 Å². The van der Waals surface area contributed by atoms with E-state index in [-0.39, 0.29) is 16.7 Å². The van der Waals surface area contributed by atoms with Crippen LogP contribution >= 0.6 is 15.9 Å². The molecule has 1 aliphatic rings. The van der Waals surface area contributed by atoms with Crippen molar-refractivity contribution in [3.63, 3.8) is 0 Å². The molecule has 1 atom stereocenters. The van der Waals surface area contributed by atoms with Crippen LogP contribution in [0.3, 0.4) is 0 Å². The first-order valence-corrected chi connectivity index (χ1v) is 12.9. The predicted octanol–water partition coefficient (Wildman–Crippen LogP) is 4.33. The van der Waals surface area contributed by atoms with Crippen molar-refractivity contribution in [2.45, 2.75) is 38.1 Å². The highest BCUT2D eigenvalue weighted by Crippen LogP contribution is 2.23. The van der Waals surface area contributed by atoms with Crippen LogP contribution < -0.4 is 5.32 Å². The number of amides is 1. The molecule has 1 unspecified atom stereocenters. The molecule has 6 nitrogen and oxygen atoms in total. The summed E-state index contributed by atoms with van der Waals surface area (Å²) in [5.74, 6) is -0.0943. The van der Waals surface area contributed by atoms with Gasteiger partial charge >= 0.3 is 0 Å². The van der Waals surface area contributed by atoms with Crippen LogP contribution in [0.2, 0.25) is 0 Å². The van der Waals surface area contributed by atoms with Crippen molar-refractivity contribution in [1.29, 1.82) is 0 Å². The van der Waals surface area contributed by atoms with Crippen LogP contribution in [0.1, 0.15) is 32.3 Å². The van der Waals surface area contributed by atoms with Gasteiger partial charge in [-0.25, -0.2) is 8.42 Å². The average Bonchev–Trinajstić information content (AvgIpc) is 2.76. The molecule has 31 heavy (non-hydrogen) atoms. The predicted molar refractivity (Wildman–Crippen MR) is 127 cm³/mol. The molecule has 2 aromatic carbocycles. The van der Waals surface area contributed by atoms with Gasteiger partial charge in [-0.3, -0.25) is 9.69 Å².